The number of hydrogen-bond acceptors (Lipinski definition) is 2. The quantitative estimate of drug-likeness (QED) is 0.558. The highest BCUT2D eigenvalue weighted by molar-refractivity contribution is 6.17. The maximum Gasteiger partial charge on any atom is 0.0601 e. The molecule has 0 unspecified atom stereocenters. The van der Waals surface area contributed by atoms with Gasteiger partial charge in [-0.25, -0.2) is 0 Å². The Balaban J connectivity index is 2.01. The summed E-state index contributed by atoms with van der Waals surface area (Å²) < 4.78 is 5.28. The van der Waals surface area contributed by atoms with Crippen molar-refractivity contribution in [1.82, 2.24) is 5.32 Å². The largest absolute Gasteiger partial charge is 0.380 e. The second-order valence-electron chi connectivity index (χ2n) is 3.82. The Morgan fingerprint density at radius 3 is 2.62 bits per heavy atom. The lowest BCUT2D eigenvalue weighted by Crippen LogP contribution is -2.16. The molecule has 0 bridgehead atoms. The van der Waals surface area contributed by atoms with Crippen LogP contribution in [0, 0.1) is 6.92 Å². The van der Waals surface area contributed by atoms with E-state index in [9.17, 15) is 0 Å². The van der Waals surface area contributed by atoms with Crippen LogP contribution >= 0.6 is 11.6 Å². The van der Waals surface area contributed by atoms with Crippen LogP contribution < -0.4 is 5.32 Å². The van der Waals surface area contributed by atoms with Crippen LogP contribution in [0.3, 0.4) is 0 Å². The number of aryl methyl sites for hydroxylation is 1. The Morgan fingerprint density at radius 2 is 1.94 bits per heavy atom. The van der Waals surface area contributed by atoms with E-state index in [-0.39, 0.29) is 0 Å². The molecule has 2 nitrogen and oxygen atoms in total. The SMILES string of the molecule is Cc1ccc(CNCCCOCCCl)cc1. The molecule has 0 saturated heterocycles. The van der Waals surface area contributed by atoms with E-state index in [0.29, 0.717) is 12.5 Å². The van der Waals surface area contributed by atoms with Gasteiger partial charge in [0.25, 0.3) is 0 Å². The van der Waals surface area contributed by atoms with E-state index in [2.05, 4.69) is 36.5 Å². The fourth-order valence-corrected chi connectivity index (χ4v) is 1.50. The normalized spacial score (nSPS) is 10.6. The van der Waals surface area contributed by atoms with Crippen molar-refractivity contribution < 1.29 is 4.74 Å². The first-order valence-electron chi connectivity index (χ1n) is 5.73. The number of nitrogens with one attached hydrogen (secondary N) is 1. The molecule has 0 amide bonds. The van der Waals surface area contributed by atoms with Gasteiger partial charge in [-0.05, 0) is 25.5 Å². The lowest BCUT2D eigenvalue weighted by atomic mass is 10.1. The second-order valence-corrected chi connectivity index (χ2v) is 4.20. The predicted molar refractivity (Wildman–Crippen MR) is 69.0 cm³/mol. The third-order valence-electron chi connectivity index (χ3n) is 2.31. The van der Waals surface area contributed by atoms with Gasteiger partial charge in [-0.2, -0.15) is 0 Å². The molecule has 1 rings (SSSR count). The predicted octanol–water partition coefficient (Wildman–Crippen LogP) is 2.73. The molecule has 1 N–H and O–H groups in total. The zero-order valence-electron chi connectivity index (χ0n) is 9.84. The van der Waals surface area contributed by atoms with Crippen molar-refractivity contribution in [2.24, 2.45) is 0 Å². The second kappa shape index (κ2) is 8.57. The zero-order valence-corrected chi connectivity index (χ0v) is 10.6. The van der Waals surface area contributed by atoms with Gasteiger partial charge < -0.3 is 10.1 Å². The molecule has 0 aliphatic carbocycles. The van der Waals surface area contributed by atoms with E-state index in [4.69, 9.17) is 16.3 Å². The minimum Gasteiger partial charge on any atom is -0.380 e. The maximum absolute atomic E-state index is 5.49. The summed E-state index contributed by atoms with van der Waals surface area (Å²) in [6.07, 6.45) is 1.03. The van der Waals surface area contributed by atoms with Crippen molar-refractivity contribution in [3.63, 3.8) is 0 Å². The molecule has 3 heteroatoms. The number of benzene rings is 1. The first kappa shape index (κ1) is 13.5. The molecule has 1 aromatic rings. The summed E-state index contributed by atoms with van der Waals surface area (Å²) in [6.45, 7) is 5.45. The molecule has 0 aliphatic heterocycles. The first-order chi connectivity index (χ1) is 7.83. The van der Waals surface area contributed by atoms with Crippen LogP contribution in [0.25, 0.3) is 0 Å². The van der Waals surface area contributed by atoms with E-state index >= 15 is 0 Å². The summed E-state index contributed by atoms with van der Waals surface area (Å²) in [5.74, 6) is 0.580. The number of hydrogen-bond donors (Lipinski definition) is 1. The van der Waals surface area contributed by atoms with E-state index < -0.39 is 0 Å². The van der Waals surface area contributed by atoms with Crippen LogP contribution in [0.1, 0.15) is 17.5 Å². The van der Waals surface area contributed by atoms with Crippen molar-refractivity contribution in [2.45, 2.75) is 19.9 Å². The van der Waals surface area contributed by atoms with Crippen molar-refractivity contribution >= 4 is 11.6 Å². The molecule has 0 aromatic heterocycles. The van der Waals surface area contributed by atoms with Crippen LogP contribution in [0.15, 0.2) is 24.3 Å². The molecule has 16 heavy (non-hydrogen) atoms. The third kappa shape index (κ3) is 6.11. The molecule has 0 saturated carbocycles. The van der Waals surface area contributed by atoms with Crippen molar-refractivity contribution in [3.05, 3.63) is 35.4 Å². The highest BCUT2D eigenvalue weighted by Crippen LogP contribution is 2.02. The van der Waals surface area contributed by atoms with E-state index in [0.717, 1.165) is 26.1 Å². The number of halogens is 1. The molecule has 0 fully saturated rings. The van der Waals surface area contributed by atoms with Gasteiger partial charge in [-0.15, -0.1) is 11.6 Å². The maximum atomic E-state index is 5.49. The van der Waals surface area contributed by atoms with E-state index in [1.165, 1.54) is 11.1 Å². The summed E-state index contributed by atoms with van der Waals surface area (Å²) in [4.78, 5) is 0. The summed E-state index contributed by atoms with van der Waals surface area (Å²) in [5, 5.41) is 3.39. The molecule has 0 atom stereocenters. The molecule has 0 radical (unpaired) electrons. The Kier molecular flexibility index (Phi) is 7.23. The minimum atomic E-state index is 0.580. The Labute approximate surface area is 103 Å². The van der Waals surface area contributed by atoms with Gasteiger partial charge in [0.2, 0.25) is 0 Å². The smallest absolute Gasteiger partial charge is 0.0601 e. The summed E-state index contributed by atoms with van der Waals surface area (Å²) >= 11 is 5.49. The molecule has 1 aromatic carbocycles. The molecular weight excluding hydrogens is 222 g/mol. The average Bonchev–Trinajstić information content (AvgIpc) is 2.30. The van der Waals surface area contributed by atoms with Gasteiger partial charge in [0, 0.05) is 19.0 Å². The van der Waals surface area contributed by atoms with Crippen molar-refractivity contribution in [2.75, 3.05) is 25.6 Å². The highest BCUT2D eigenvalue weighted by atomic mass is 35.5. The number of ether oxygens (including phenoxy) is 1. The molecule has 0 aliphatic rings. The van der Waals surface area contributed by atoms with Crippen LogP contribution in [0.5, 0.6) is 0 Å². The van der Waals surface area contributed by atoms with Crippen LogP contribution in [-0.2, 0) is 11.3 Å². The van der Waals surface area contributed by atoms with Gasteiger partial charge in [0.15, 0.2) is 0 Å². The standard InChI is InChI=1S/C13H20ClNO/c1-12-3-5-13(6-4-12)11-15-8-2-9-16-10-7-14/h3-6,15H,2,7-11H2,1H3. The average molecular weight is 242 g/mol. The van der Waals surface area contributed by atoms with E-state index in [1.54, 1.807) is 0 Å². The Bertz CT molecular complexity index is 274. The van der Waals surface area contributed by atoms with E-state index in [1.807, 2.05) is 0 Å². The Morgan fingerprint density at radius 1 is 1.19 bits per heavy atom. The van der Waals surface area contributed by atoms with Gasteiger partial charge in [-0.1, -0.05) is 29.8 Å². The summed E-state index contributed by atoms with van der Waals surface area (Å²) in [5.41, 5.74) is 2.63. The fraction of sp³-hybridized carbons (Fsp3) is 0.538. The van der Waals surface area contributed by atoms with Crippen LogP contribution in [0.2, 0.25) is 0 Å². The van der Waals surface area contributed by atoms with Crippen molar-refractivity contribution in [3.8, 4) is 0 Å². The molecule has 90 valence electrons. The van der Waals surface area contributed by atoms with Crippen LogP contribution in [0.4, 0.5) is 0 Å². The van der Waals surface area contributed by atoms with Crippen LogP contribution in [-0.4, -0.2) is 25.6 Å². The highest BCUT2D eigenvalue weighted by Gasteiger charge is 1.92. The van der Waals surface area contributed by atoms with Gasteiger partial charge in [0.1, 0.15) is 0 Å². The van der Waals surface area contributed by atoms with Gasteiger partial charge in [-0.3, -0.25) is 0 Å². The van der Waals surface area contributed by atoms with Crippen molar-refractivity contribution in [1.29, 1.82) is 0 Å². The molecule has 0 heterocycles. The topological polar surface area (TPSA) is 21.3 Å². The summed E-state index contributed by atoms with van der Waals surface area (Å²) in [7, 11) is 0. The zero-order chi connectivity index (χ0) is 11.6. The third-order valence-corrected chi connectivity index (χ3v) is 2.47. The molecular formula is C13H20ClNO. The first-order valence-corrected chi connectivity index (χ1v) is 6.26. The number of alkyl halides is 1. The summed E-state index contributed by atoms with van der Waals surface area (Å²) in [6, 6.07) is 8.60. The lowest BCUT2D eigenvalue weighted by molar-refractivity contribution is 0.146. The lowest BCUT2D eigenvalue weighted by Gasteiger charge is -2.05. The fourth-order valence-electron chi connectivity index (χ4n) is 1.39. The Hall–Kier alpha value is -0.570. The minimum absolute atomic E-state index is 0.580. The van der Waals surface area contributed by atoms with Gasteiger partial charge >= 0.3 is 0 Å². The number of rotatable bonds is 8. The van der Waals surface area contributed by atoms with Gasteiger partial charge in [0.05, 0.1) is 6.61 Å². The monoisotopic (exact) mass is 241 g/mol. The molecule has 0 spiro atoms.